The Kier molecular flexibility index (Phi) is 12.9. The van der Waals surface area contributed by atoms with Crippen LogP contribution in [0.2, 0.25) is 5.28 Å². The van der Waals surface area contributed by atoms with Crippen LogP contribution in [0, 0.1) is 0 Å². The highest BCUT2D eigenvalue weighted by Crippen LogP contribution is 1.88. The van der Waals surface area contributed by atoms with Crippen molar-refractivity contribution in [2.24, 2.45) is 0 Å². The van der Waals surface area contributed by atoms with Gasteiger partial charge in [-0.15, -0.1) is 0 Å². The zero-order valence-electron chi connectivity index (χ0n) is 10.8. The van der Waals surface area contributed by atoms with Crippen molar-refractivity contribution in [3.8, 4) is 0 Å². The van der Waals surface area contributed by atoms with E-state index < -0.39 is 0 Å². The van der Waals surface area contributed by atoms with E-state index >= 15 is 0 Å². The maximum atomic E-state index is 5.62. The third-order valence-corrected chi connectivity index (χ3v) is 1.59. The van der Waals surface area contributed by atoms with Crippen LogP contribution in [-0.4, -0.2) is 9.97 Å². The lowest BCUT2D eigenvalue weighted by molar-refractivity contribution is 1.10. The summed E-state index contributed by atoms with van der Waals surface area (Å²) >= 11 is 5.62. The summed E-state index contributed by atoms with van der Waals surface area (Å²) in [4.78, 5) is 7.89. The maximum Gasteiger partial charge on any atom is 0.222 e. The second kappa shape index (κ2) is 11.9. The van der Waals surface area contributed by atoms with Crippen molar-refractivity contribution in [2.75, 3.05) is 0 Å². The molecule has 0 aliphatic carbocycles. The monoisotopic (exact) mass is 240 g/mol. The average molecular weight is 241 g/mol. The Morgan fingerprint density at radius 3 is 2.25 bits per heavy atom. The molecular weight excluding hydrogens is 220 g/mol. The molecule has 0 atom stereocenters. The Balaban J connectivity index is 0. The van der Waals surface area contributed by atoms with Crippen LogP contribution in [0.4, 0.5) is 0 Å². The molecule has 0 aliphatic rings. The molecule has 0 saturated heterocycles. The quantitative estimate of drug-likeness (QED) is 0.706. The fourth-order valence-electron chi connectivity index (χ4n) is 0.849. The van der Waals surface area contributed by atoms with E-state index in [9.17, 15) is 0 Å². The zero-order chi connectivity index (χ0) is 13.0. The summed E-state index contributed by atoms with van der Waals surface area (Å²) in [5, 5.41) is 2.01. The van der Waals surface area contributed by atoms with Crippen LogP contribution in [0.1, 0.15) is 34.6 Å². The number of rotatable bonds is 1. The number of hydrogen-bond acceptors (Lipinski definition) is 2. The van der Waals surface area contributed by atoms with Crippen LogP contribution in [0.15, 0.2) is 18.9 Å². The zero-order valence-corrected chi connectivity index (χ0v) is 11.5. The van der Waals surface area contributed by atoms with Gasteiger partial charge in [0, 0.05) is 11.4 Å². The van der Waals surface area contributed by atoms with Crippen molar-refractivity contribution in [1.82, 2.24) is 9.97 Å². The lowest BCUT2D eigenvalue weighted by atomic mass is 10.3. The molecule has 0 spiro atoms. The SMILES string of the molecule is C=C/C=c1/nc(Cl)nc/c1=C/C.CC.CC. The molecule has 1 rings (SSSR count). The van der Waals surface area contributed by atoms with Crippen LogP contribution < -0.4 is 10.6 Å². The Labute approximate surface area is 103 Å². The smallest absolute Gasteiger partial charge is 0.222 e. The van der Waals surface area contributed by atoms with E-state index in [4.69, 9.17) is 11.6 Å². The largest absolute Gasteiger partial charge is 0.226 e. The Bertz CT molecular complexity index is 397. The summed E-state index contributed by atoms with van der Waals surface area (Å²) in [5.74, 6) is 0. The third kappa shape index (κ3) is 6.36. The van der Waals surface area contributed by atoms with Gasteiger partial charge in [0.2, 0.25) is 5.28 Å². The van der Waals surface area contributed by atoms with Crippen LogP contribution in [-0.2, 0) is 0 Å². The van der Waals surface area contributed by atoms with Gasteiger partial charge in [0.05, 0.1) is 5.35 Å². The molecule has 0 aliphatic heterocycles. The highest BCUT2D eigenvalue weighted by atomic mass is 35.5. The molecular formula is C13H21ClN2. The number of hydrogen-bond donors (Lipinski definition) is 0. The van der Waals surface area contributed by atoms with Crippen molar-refractivity contribution >= 4 is 23.8 Å². The van der Waals surface area contributed by atoms with Gasteiger partial charge in [-0.3, -0.25) is 0 Å². The van der Waals surface area contributed by atoms with Gasteiger partial charge in [0.15, 0.2) is 0 Å². The van der Waals surface area contributed by atoms with E-state index in [-0.39, 0.29) is 5.28 Å². The fraction of sp³-hybridized carbons (Fsp3) is 0.385. The van der Waals surface area contributed by atoms with Crippen molar-refractivity contribution in [2.45, 2.75) is 34.6 Å². The lowest BCUT2D eigenvalue weighted by Gasteiger charge is -1.88. The summed E-state index contributed by atoms with van der Waals surface area (Å²) in [6.07, 6.45) is 7.07. The first-order chi connectivity index (χ1) is 7.77. The van der Waals surface area contributed by atoms with Gasteiger partial charge in [-0.25, -0.2) is 9.97 Å². The average Bonchev–Trinajstić information content (AvgIpc) is 2.35. The van der Waals surface area contributed by atoms with Gasteiger partial charge < -0.3 is 0 Å². The van der Waals surface area contributed by atoms with E-state index in [0.29, 0.717) is 0 Å². The molecule has 1 heterocycles. The highest BCUT2D eigenvalue weighted by Gasteiger charge is 1.89. The Morgan fingerprint density at radius 1 is 1.25 bits per heavy atom. The highest BCUT2D eigenvalue weighted by molar-refractivity contribution is 6.28. The maximum absolute atomic E-state index is 5.62. The van der Waals surface area contributed by atoms with Gasteiger partial charge in [0.25, 0.3) is 0 Å². The Hall–Kier alpha value is -1.15. The van der Waals surface area contributed by atoms with Gasteiger partial charge >= 0.3 is 0 Å². The lowest BCUT2D eigenvalue weighted by Crippen LogP contribution is -2.28. The molecule has 90 valence electrons. The second-order valence-corrected chi connectivity index (χ2v) is 2.51. The topological polar surface area (TPSA) is 25.8 Å². The number of nitrogens with zero attached hydrogens (tertiary/aromatic N) is 2. The minimum Gasteiger partial charge on any atom is -0.226 e. The van der Waals surface area contributed by atoms with Crippen molar-refractivity contribution in [3.05, 3.63) is 34.7 Å². The van der Waals surface area contributed by atoms with Gasteiger partial charge in [0.1, 0.15) is 0 Å². The number of halogens is 1. The molecule has 3 heteroatoms. The van der Waals surface area contributed by atoms with E-state index in [1.807, 2.05) is 40.7 Å². The predicted octanol–water partition coefficient (Wildman–Crippen LogP) is 2.95. The van der Waals surface area contributed by atoms with Crippen LogP contribution in [0.5, 0.6) is 0 Å². The van der Waals surface area contributed by atoms with Gasteiger partial charge in [-0.1, -0.05) is 46.4 Å². The van der Waals surface area contributed by atoms with Gasteiger partial charge in [-0.2, -0.15) is 0 Å². The fourth-order valence-corrected chi connectivity index (χ4v) is 0.989. The van der Waals surface area contributed by atoms with E-state index in [0.717, 1.165) is 10.6 Å². The minimum absolute atomic E-state index is 0.258. The molecule has 0 bridgehead atoms. The molecule has 0 radical (unpaired) electrons. The molecule has 0 unspecified atom stereocenters. The molecule has 1 aromatic heterocycles. The van der Waals surface area contributed by atoms with E-state index in [1.54, 1.807) is 18.3 Å². The first-order valence-electron chi connectivity index (χ1n) is 5.55. The van der Waals surface area contributed by atoms with Gasteiger partial charge in [-0.05, 0) is 24.6 Å². The summed E-state index contributed by atoms with van der Waals surface area (Å²) in [6.45, 7) is 13.5. The molecule has 0 aromatic carbocycles. The molecule has 0 amide bonds. The van der Waals surface area contributed by atoms with Crippen molar-refractivity contribution in [1.29, 1.82) is 0 Å². The minimum atomic E-state index is 0.258. The standard InChI is InChI=1S/C9H9ClN2.2C2H6/c1-3-5-8-7(4-2)6-11-9(10)12-8;2*1-2/h3-6H,1H2,2H3;2*1-2H3/b7-4-,8-5+;;. The summed E-state index contributed by atoms with van der Waals surface area (Å²) in [6, 6.07) is 0. The molecule has 0 N–H and O–H groups in total. The second-order valence-electron chi connectivity index (χ2n) is 2.17. The van der Waals surface area contributed by atoms with E-state index in [2.05, 4.69) is 16.5 Å². The molecule has 16 heavy (non-hydrogen) atoms. The van der Waals surface area contributed by atoms with Crippen LogP contribution in [0.3, 0.4) is 0 Å². The summed E-state index contributed by atoms with van der Waals surface area (Å²) < 4.78 is 0. The van der Waals surface area contributed by atoms with Crippen LogP contribution in [0.25, 0.3) is 12.2 Å². The first-order valence-corrected chi connectivity index (χ1v) is 5.93. The van der Waals surface area contributed by atoms with Crippen LogP contribution >= 0.6 is 11.6 Å². The normalized spacial score (nSPS) is 10.9. The molecule has 2 nitrogen and oxygen atoms in total. The number of aromatic nitrogens is 2. The molecule has 1 aromatic rings. The predicted molar refractivity (Wildman–Crippen MR) is 73.8 cm³/mol. The molecule has 0 saturated carbocycles. The van der Waals surface area contributed by atoms with E-state index in [1.165, 1.54) is 0 Å². The third-order valence-electron chi connectivity index (χ3n) is 1.41. The molecule has 0 fully saturated rings. The summed E-state index contributed by atoms with van der Waals surface area (Å²) in [7, 11) is 0. The summed E-state index contributed by atoms with van der Waals surface area (Å²) in [5.41, 5.74) is 0. The first kappa shape index (κ1) is 17.3. The Morgan fingerprint density at radius 2 is 1.81 bits per heavy atom. The van der Waals surface area contributed by atoms with Crippen molar-refractivity contribution < 1.29 is 0 Å². The number of allylic oxidation sites excluding steroid dienone is 1. The van der Waals surface area contributed by atoms with Crippen molar-refractivity contribution in [3.63, 3.8) is 0 Å².